The summed E-state index contributed by atoms with van der Waals surface area (Å²) in [6, 6.07) is 2.65. The normalized spacial score (nSPS) is 18.2. The molecule has 1 atom stereocenters. The Morgan fingerprint density at radius 3 is 2.67 bits per heavy atom. The third-order valence-corrected chi connectivity index (χ3v) is 4.01. The summed E-state index contributed by atoms with van der Waals surface area (Å²) in [5, 5.41) is 12.0. The molecule has 1 aromatic rings. The predicted octanol–water partition coefficient (Wildman–Crippen LogP) is 3.32. The first-order chi connectivity index (χ1) is 8.70. The first-order valence-electron chi connectivity index (χ1n) is 7.25. The molecular formula is C15H25N3. The van der Waals surface area contributed by atoms with E-state index in [9.17, 15) is 0 Å². The number of hydrogen-bond acceptors (Lipinski definition) is 3. The highest BCUT2D eigenvalue weighted by Crippen LogP contribution is 2.33. The Hall–Kier alpha value is -0.960. The maximum absolute atomic E-state index is 4.27. The van der Waals surface area contributed by atoms with Crippen LogP contribution in [0, 0.1) is 19.8 Å². The first kappa shape index (κ1) is 13.5. The van der Waals surface area contributed by atoms with Crippen molar-refractivity contribution in [2.75, 3.05) is 6.54 Å². The molecule has 1 aromatic heterocycles. The predicted molar refractivity (Wildman–Crippen MR) is 74.5 cm³/mol. The minimum absolute atomic E-state index is 0.451. The van der Waals surface area contributed by atoms with Gasteiger partial charge in [0.25, 0.3) is 0 Å². The van der Waals surface area contributed by atoms with Gasteiger partial charge in [-0.05, 0) is 44.4 Å². The molecule has 18 heavy (non-hydrogen) atoms. The molecule has 0 aromatic carbocycles. The Morgan fingerprint density at radius 2 is 2.00 bits per heavy atom. The number of nitrogens with zero attached hydrogens (tertiary/aromatic N) is 2. The second-order valence-electron chi connectivity index (χ2n) is 5.52. The summed E-state index contributed by atoms with van der Waals surface area (Å²) in [7, 11) is 0. The molecule has 1 saturated carbocycles. The van der Waals surface area contributed by atoms with Crippen LogP contribution in [0.4, 0.5) is 0 Å². The van der Waals surface area contributed by atoms with Crippen molar-refractivity contribution >= 4 is 0 Å². The van der Waals surface area contributed by atoms with E-state index >= 15 is 0 Å². The van der Waals surface area contributed by atoms with E-state index in [-0.39, 0.29) is 0 Å². The average molecular weight is 247 g/mol. The van der Waals surface area contributed by atoms with Gasteiger partial charge in [0.1, 0.15) is 0 Å². The molecule has 0 bridgehead atoms. The largest absolute Gasteiger partial charge is 0.310 e. The SMILES string of the molecule is CCNC(CC1CCCC1)c1cc(C)nnc1C. The Labute approximate surface area is 110 Å². The van der Waals surface area contributed by atoms with Crippen LogP contribution in [0.5, 0.6) is 0 Å². The first-order valence-corrected chi connectivity index (χ1v) is 7.25. The maximum atomic E-state index is 4.27. The van der Waals surface area contributed by atoms with Crippen LogP contribution in [0.2, 0.25) is 0 Å². The summed E-state index contributed by atoms with van der Waals surface area (Å²) < 4.78 is 0. The molecule has 0 saturated heterocycles. The number of aromatic nitrogens is 2. The molecule has 3 nitrogen and oxygen atoms in total. The summed E-state index contributed by atoms with van der Waals surface area (Å²) in [4.78, 5) is 0. The number of aryl methyl sites for hydroxylation is 2. The minimum Gasteiger partial charge on any atom is -0.310 e. The number of rotatable bonds is 5. The molecule has 2 rings (SSSR count). The van der Waals surface area contributed by atoms with Crippen molar-refractivity contribution < 1.29 is 0 Å². The summed E-state index contributed by atoms with van der Waals surface area (Å²) in [6.45, 7) is 7.28. The lowest BCUT2D eigenvalue weighted by Crippen LogP contribution is -2.24. The van der Waals surface area contributed by atoms with Gasteiger partial charge in [0.05, 0.1) is 11.4 Å². The molecular weight excluding hydrogens is 222 g/mol. The van der Waals surface area contributed by atoms with Crippen LogP contribution in [0.1, 0.15) is 62.0 Å². The van der Waals surface area contributed by atoms with Gasteiger partial charge in [0.2, 0.25) is 0 Å². The molecule has 1 aliphatic rings. The van der Waals surface area contributed by atoms with E-state index in [4.69, 9.17) is 0 Å². The zero-order valence-corrected chi connectivity index (χ0v) is 11.9. The summed E-state index contributed by atoms with van der Waals surface area (Å²) in [5.41, 5.74) is 3.44. The van der Waals surface area contributed by atoms with Gasteiger partial charge in [0.15, 0.2) is 0 Å². The van der Waals surface area contributed by atoms with Crippen molar-refractivity contribution in [2.24, 2.45) is 5.92 Å². The second kappa shape index (κ2) is 6.28. The van der Waals surface area contributed by atoms with Crippen LogP contribution in [0.15, 0.2) is 6.07 Å². The molecule has 1 heterocycles. The standard InChI is InChI=1S/C15H25N3/c1-4-16-15(10-13-7-5-6-8-13)14-9-11(2)17-18-12(14)3/h9,13,15-16H,4-8,10H2,1-3H3. The van der Waals surface area contributed by atoms with Crippen molar-refractivity contribution in [1.82, 2.24) is 15.5 Å². The van der Waals surface area contributed by atoms with Gasteiger partial charge >= 0.3 is 0 Å². The Bertz CT molecular complexity index is 383. The highest BCUT2D eigenvalue weighted by Gasteiger charge is 2.22. The van der Waals surface area contributed by atoms with Crippen molar-refractivity contribution in [3.8, 4) is 0 Å². The third-order valence-electron chi connectivity index (χ3n) is 4.01. The maximum Gasteiger partial charge on any atom is 0.0648 e. The van der Waals surface area contributed by atoms with Gasteiger partial charge in [-0.3, -0.25) is 0 Å². The average Bonchev–Trinajstić information content (AvgIpc) is 2.85. The van der Waals surface area contributed by atoms with Crippen LogP contribution in [0.25, 0.3) is 0 Å². The molecule has 1 aliphatic carbocycles. The van der Waals surface area contributed by atoms with Crippen LogP contribution in [-0.2, 0) is 0 Å². The van der Waals surface area contributed by atoms with E-state index in [1.807, 2.05) is 6.92 Å². The summed E-state index contributed by atoms with van der Waals surface area (Å²) >= 11 is 0. The van der Waals surface area contributed by atoms with Crippen molar-refractivity contribution in [3.63, 3.8) is 0 Å². The Kier molecular flexibility index (Phi) is 4.70. The van der Waals surface area contributed by atoms with Gasteiger partial charge in [0, 0.05) is 6.04 Å². The van der Waals surface area contributed by atoms with Crippen LogP contribution >= 0.6 is 0 Å². The van der Waals surface area contributed by atoms with E-state index < -0.39 is 0 Å². The van der Waals surface area contributed by atoms with Gasteiger partial charge in [-0.25, -0.2) is 0 Å². The Balaban J connectivity index is 2.14. The molecule has 0 spiro atoms. The fraction of sp³-hybridized carbons (Fsp3) is 0.733. The van der Waals surface area contributed by atoms with Crippen LogP contribution in [-0.4, -0.2) is 16.7 Å². The van der Waals surface area contributed by atoms with E-state index in [1.54, 1.807) is 0 Å². The zero-order chi connectivity index (χ0) is 13.0. The van der Waals surface area contributed by atoms with Gasteiger partial charge < -0.3 is 5.32 Å². The second-order valence-corrected chi connectivity index (χ2v) is 5.52. The van der Waals surface area contributed by atoms with Crippen LogP contribution in [0.3, 0.4) is 0 Å². The molecule has 0 radical (unpaired) electrons. The van der Waals surface area contributed by atoms with Gasteiger partial charge in [-0.2, -0.15) is 10.2 Å². The van der Waals surface area contributed by atoms with Gasteiger partial charge in [-0.15, -0.1) is 0 Å². The lowest BCUT2D eigenvalue weighted by atomic mass is 9.93. The fourth-order valence-electron chi connectivity index (χ4n) is 3.07. The minimum atomic E-state index is 0.451. The molecule has 3 heteroatoms. The van der Waals surface area contributed by atoms with E-state index in [2.05, 4.69) is 35.4 Å². The molecule has 0 aliphatic heterocycles. The molecule has 0 amide bonds. The van der Waals surface area contributed by atoms with E-state index in [0.717, 1.165) is 23.9 Å². The lowest BCUT2D eigenvalue weighted by Gasteiger charge is -2.23. The van der Waals surface area contributed by atoms with Gasteiger partial charge in [-0.1, -0.05) is 32.6 Å². The van der Waals surface area contributed by atoms with Crippen molar-refractivity contribution in [2.45, 2.75) is 58.9 Å². The molecule has 1 fully saturated rings. The monoisotopic (exact) mass is 247 g/mol. The number of nitrogens with one attached hydrogen (secondary N) is 1. The van der Waals surface area contributed by atoms with Crippen LogP contribution < -0.4 is 5.32 Å². The smallest absolute Gasteiger partial charge is 0.0648 e. The van der Waals surface area contributed by atoms with E-state index in [0.29, 0.717) is 6.04 Å². The van der Waals surface area contributed by atoms with Crippen molar-refractivity contribution in [1.29, 1.82) is 0 Å². The quantitative estimate of drug-likeness (QED) is 0.867. The fourth-order valence-corrected chi connectivity index (χ4v) is 3.07. The highest BCUT2D eigenvalue weighted by atomic mass is 15.1. The number of hydrogen-bond donors (Lipinski definition) is 1. The summed E-state index contributed by atoms with van der Waals surface area (Å²) in [5.74, 6) is 0.891. The highest BCUT2D eigenvalue weighted by molar-refractivity contribution is 5.23. The van der Waals surface area contributed by atoms with Crippen molar-refractivity contribution in [3.05, 3.63) is 23.0 Å². The molecule has 1 N–H and O–H groups in total. The molecule has 100 valence electrons. The molecule has 1 unspecified atom stereocenters. The zero-order valence-electron chi connectivity index (χ0n) is 11.9. The summed E-state index contributed by atoms with van der Waals surface area (Å²) in [6.07, 6.45) is 6.88. The lowest BCUT2D eigenvalue weighted by molar-refractivity contribution is 0.398. The van der Waals surface area contributed by atoms with E-state index in [1.165, 1.54) is 37.7 Å². The third kappa shape index (κ3) is 3.29. The topological polar surface area (TPSA) is 37.8 Å². The Morgan fingerprint density at radius 1 is 1.28 bits per heavy atom.